The highest BCUT2D eigenvalue weighted by Gasteiger charge is 2.20. The smallest absolute Gasteiger partial charge is 0.227 e. The van der Waals surface area contributed by atoms with Crippen LogP contribution in [0.15, 0.2) is 66.7 Å². The zero-order valence-corrected chi connectivity index (χ0v) is 16.2. The lowest BCUT2D eigenvalue weighted by Gasteiger charge is -2.20. The van der Waals surface area contributed by atoms with Crippen LogP contribution in [0.3, 0.4) is 0 Å². The molecule has 4 nitrogen and oxygen atoms in total. The number of aliphatic hydroxyl groups is 1. The SMILES string of the molecule is C[C@@H](C(=O)N[C@@H](CO)c1ccccc1)c1ccc2c(c1)[nH]c1ccc(Cl)cc12. The van der Waals surface area contributed by atoms with Crippen molar-refractivity contribution in [2.24, 2.45) is 0 Å². The van der Waals surface area contributed by atoms with Crippen LogP contribution in [-0.2, 0) is 4.79 Å². The second-order valence-electron chi connectivity index (χ2n) is 7.00. The van der Waals surface area contributed by atoms with Crippen molar-refractivity contribution in [2.75, 3.05) is 6.61 Å². The maximum Gasteiger partial charge on any atom is 0.227 e. The van der Waals surface area contributed by atoms with Gasteiger partial charge in [0, 0.05) is 26.8 Å². The average Bonchev–Trinajstić information content (AvgIpc) is 3.08. The van der Waals surface area contributed by atoms with Crippen molar-refractivity contribution in [3.05, 3.63) is 82.9 Å². The minimum Gasteiger partial charge on any atom is -0.394 e. The first-order chi connectivity index (χ1) is 13.6. The first-order valence-corrected chi connectivity index (χ1v) is 9.61. The first kappa shape index (κ1) is 18.5. The number of hydrogen-bond donors (Lipinski definition) is 3. The number of carbonyl (C=O) groups excluding carboxylic acids is 1. The van der Waals surface area contributed by atoms with Gasteiger partial charge in [-0.15, -0.1) is 0 Å². The average molecular weight is 393 g/mol. The van der Waals surface area contributed by atoms with E-state index >= 15 is 0 Å². The largest absolute Gasteiger partial charge is 0.394 e. The molecular weight excluding hydrogens is 372 g/mol. The van der Waals surface area contributed by atoms with Gasteiger partial charge in [0.1, 0.15) is 0 Å². The Labute approximate surface area is 168 Å². The summed E-state index contributed by atoms with van der Waals surface area (Å²) in [6.07, 6.45) is 0. The summed E-state index contributed by atoms with van der Waals surface area (Å²) >= 11 is 6.12. The van der Waals surface area contributed by atoms with Gasteiger partial charge in [-0.25, -0.2) is 0 Å². The fourth-order valence-electron chi connectivity index (χ4n) is 3.53. The van der Waals surface area contributed by atoms with Gasteiger partial charge in [-0.05, 0) is 42.3 Å². The van der Waals surface area contributed by atoms with Crippen LogP contribution in [0.2, 0.25) is 5.02 Å². The van der Waals surface area contributed by atoms with Crippen LogP contribution >= 0.6 is 11.6 Å². The van der Waals surface area contributed by atoms with Crippen molar-refractivity contribution in [1.29, 1.82) is 0 Å². The monoisotopic (exact) mass is 392 g/mol. The third-order valence-corrected chi connectivity index (χ3v) is 5.41. The summed E-state index contributed by atoms with van der Waals surface area (Å²) in [7, 11) is 0. The van der Waals surface area contributed by atoms with Crippen molar-refractivity contribution >= 4 is 39.3 Å². The first-order valence-electron chi connectivity index (χ1n) is 9.24. The molecule has 1 heterocycles. The van der Waals surface area contributed by atoms with Crippen LogP contribution < -0.4 is 5.32 Å². The predicted molar refractivity (Wildman–Crippen MR) is 114 cm³/mol. The number of nitrogens with one attached hydrogen (secondary N) is 2. The number of carbonyl (C=O) groups is 1. The number of aromatic amines is 1. The third kappa shape index (κ3) is 3.49. The number of aromatic nitrogens is 1. The second-order valence-corrected chi connectivity index (χ2v) is 7.43. The second kappa shape index (κ2) is 7.66. The summed E-state index contributed by atoms with van der Waals surface area (Å²) in [4.78, 5) is 16.2. The Bertz CT molecular complexity index is 1140. The Morgan fingerprint density at radius 3 is 2.54 bits per heavy atom. The summed E-state index contributed by atoms with van der Waals surface area (Å²) in [6.45, 7) is 1.72. The topological polar surface area (TPSA) is 65.1 Å². The molecule has 0 aliphatic carbocycles. The number of hydrogen-bond acceptors (Lipinski definition) is 2. The Morgan fingerprint density at radius 2 is 1.79 bits per heavy atom. The molecule has 1 amide bonds. The highest BCUT2D eigenvalue weighted by Crippen LogP contribution is 2.30. The van der Waals surface area contributed by atoms with E-state index < -0.39 is 6.04 Å². The molecule has 4 aromatic rings. The number of halogens is 1. The van der Waals surface area contributed by atoms with Gasteiger partial charge in [-0.1, -0.05) is 54.1 Å². The lowest BCUT2D eigenvalue weighted by atomic mass is 9.97. The number of benzene rings is 3. The summed E-state index contributed by atoms with van der Waals surface area (Å²) in [5.41, 5.74) is 3.77. The molecule has 28 heavy (non-hydrogen) atoms. The fraction of sp³-hybridized carbons (Fsp3) is 0.174. The lowest BCUT2D eigenvalue weighted by Crippen LogP contribution is -2.33. The number of rotatable bonds is 5. The third-order valence-electron chi connectivity index (χ3n) is 5.18. The van der Waals surface area contributed by atoms with Crippen LogP contribution in [0.4, 0.5) is 0 Å². The molecule has 0 spiro atoms. The van der Waals surface area contributed by atoms with Gasteiger partial charge < -0.3 is 15.4 Å². The quantitative estimate of drug-likeness (QED) is 0.451. The van der Waals surface area contributed by atoms with E-state index in [0.717, 1.165) is 32.9 Å². The molecule has 2 atom stereocenters. The van der Waals surface area contributed by atoms with Gasteiger partial charge in [0.2, 0.25) is 5.91 Å². The van der Waals surface area contributed by atoms with Gasteiger partial charge in [-0.2, -0.15) is 0 Å². The fourth-order valence-corrected chi connectivity index (χ4v) is 3.70. The molecule has 142 valence electrons. The van der Waals surface area contributed by atoms with E-state index in [2.05, 4.69) is 10.3 Å². The van der Waals surface area contributed by atoms with E-state index in [0.29, 0.717) is 5.02 Å². The van der Waals surface area contributed by atoms with E-state index in [9.17, 15) is 9.90 Å². The van der Waals surface area contributed by atoms with Crippen molar-refractivity contribution in [1.82, 2.24) is 10.3 Å². The van der Waals surface area contributed by atoms with Crippen LogP contribution in [0, 0.1) is 0 Å². The van der Waals surface area contributed by atoms with Crippen LogP contribution in [0.5, 0.6) is 0 Å². The molecule has 5 heteroatoms. The molecule has 0 saturated carbocycles. The summed E-state index contributed by atoms with van der Waals surface area (Å²) in [5.74, 6) is -0.474. The predicted octanol–water partition coefficient (Wildman–Crippen LogP) is 4.93. The molecule has 0 saturated heterocycles. The van der Waals surface area contributed by atoms with E-state index in [1.807, 2.05) is 73.7 Å². The number of amides is 1. The van der Waals surface area contributed by atoms with E-state index in [-0.39, 0.29) is 18.4 Å². The number of H-pyrrole nitrogens is 1. The lowest BCUT2D eigenvalue weighted by molar-refractivity contribution is -0.123. The highest BCUT2D eigenvalue weighted by molar-refractivity contribution is 6.31. The van der Waals surface area contributed by atoms with Gasteiger partial charge in [0.15, 0.2) is 0 Å². The zero-order chi connectivity index (χ0) is 19.7. The van der Waals surface area contributed by atoms with Crippen LogP contribution in [0.25, 0.3) is 21.8 Å². The Morgan fingerprint density at radius 1 is 1.00 bits per heavy atom. The normalized spacial score (nSPS) is 13.5. The van der Waals surface area contributed by atoms with E-state index in [1.54, 1.807) is 0 Å². The Balaban J connectivity index is 1.60. The van der Waals surface area contributed by atoms with E-state index in [4.69, 9.17) is 11.6 Å². The van der Waals surface area contributed by atoms with Crippen LogP contribution in [-0.4, -0.2) is 22.6 Å². The van der Waals surface area contributed by atoms with Gasteiger partial charge in [0.25, 0.3) is 0 Å². The Hall–Kier alpha value is -2.82. The molecule has 0 unspecified atom stereocenters. The summed E-state index contributed by atoms with van der Waals surface area (Å²) < 4.78 is 0. The molecular formula is C23H21ClN2O2. The molecule has 4 rings (SSSR count). The van der Waals surface area contributed by atoms with Crippen molar-refractivity contribution in [3.63, 3.8) is 0 Å². The maximum atomic E-state index is 12.8. The molecule has 0 aliphatic heterocycles. The van der Waals surface area contributed by atoms with Gasteiger partial charge >= 0.3 is 0 Å². The van der Waals surface area contributed by atoms with Crippen molar-refractivity contribution < 1.29 is 9.90 Å². The van der Waals surface area contributed by atoms with Crippen LogP contribution in [0.1, 0.15) is 30.0 Å². The van der Waals surface area contributed by atoms with Crippen molar-refractivity contribution in [2.45, 2.75) is 18.9 Å². The molecule has 3 aromatic carbocycles. The van der Waals surface area contributed by atoms with Crippen molar-refractivity contribution in [3.8, 4) is 0 Å². The maximum absolute atomic E-state index is 12.8. The summed E-state index contributed by atoms with van der Waals surface area (Å²) in [5, 5.41) is 15.5. The summed E-state index contributed by atoms with van der Waals surface area (Å²) in [6, 6.07) is 20.8. The highest BCUT2D eigenvalue weighted by atomic mass is 35.5. The minimum absolute atomic E-state index is 0.124. The minimum atomic E-state index is -0.421. The van der Waals surface area contributed by atoms with Gasteiger partial charge in [-0.3, -0.25) is 4.79 Å². The molecule has 0 radical (unpaired) electrons. The standard InChI is InChI=1S/C23H21ClN2O2/c1-14(23(28)26-22(13-27)15-5-3-2-4-6-15)16-7-9-18-19-12-17(24)8-10-20(19)25-21(18)11-16/h2-12,14,22,25,27H,13H2,1H3,(H,26,28)/t14-,22+/m1/s1. The molecule has 0 aliphatic rings. The van der Waals surface area contributed by atoms with E-state index in [1.165, 1.54) is 0 Å². The number of aliphatic hydroxyl groups excluding tert-OH is 1. The zero-order valence-electron chi connectivity index (χ0n) is 15.4. The molecule has 1 aromatic heterocycles. The number of fused-ring (bicyclic) bond motifs is 3. The molecule has 3 N–H and O–H groups in total. The molecule has 0 bridgehead atoms. The Kier molecular flexibility index (Phi) is 5.07. The molecule has 0 fully saturated rings. The van der Waals surface area contributed by atoms with Gasteiger partial charge in [0.05, 0.1) is 18.6 Å².